The summed E-state index contributed by atoms with van der Waals surface area (Å²) >= 11 is 0. The molecule has 3 rings (SSSR count). The first kappa shape index (κ1) is 18.1. The molecule has 2 aromatic heterocycles. The second-order valence-electron chi connectivity index (χ2n) is 5.57. The zero-order valence-corrected chi connectivity index (χ0v) is 14.9. The van der Waals surface area contributed by atoms with Crippen molar-refractivity contribution in [1.29, 1.82) is 0 Å². The SMILES string of the molecule is COc1ccc(-c2ccc(=O)n(CC(=O)Nc3ccncc3)n2)cc1OC. The number of aromatic nitrogens is 3. The summed E-state index contributed by atoms with van der Waals surface area (Å²) in [5, 5.41) is 6.98. The van der Waals surface area contributed by atoms with Crippen molar-refractivity contribution in [2.75, 3.05) is 19.5 Å². The van der Waals surface area contributed by atoms with Crippen LogP contribution in [0.2, 0.25) is 0 Å². The molecule has 0 unspecified atom stereocenters. The number of nitrogens with zero attached hydrogens (tertiary/aromatic N) is 3. The minimum absolute atomic E-state index is 0.206. The van der Waals surface area contributed by atoms with Gasteiger partial charge < -0.3 is 14.8 Å². The van der Waals surface area contributed by atoms with E-state index in [9.17, 15) is 9.59 Å². The van der Waals surface area contributed by atoms with E-state index < -0.39 is 0 Å². The molecular formula is C19H18N4O4. The van der Waals surface area contributed by atoms with E-state index in [1.54, 1.807) is 63.0 Å². The summed E-state index contributed by atoms with van der Waals surface area (Å²) in [6.07, 6.45) is 3.13. The van der Waals surface area contributed by atoms with Gasteiger partial charge in [0.1, 0.15) is 6.54 Å². The van der Waals surface area contributed by atoms with Crippen LogP contribution < -0.4 is 20.3 Å². The summed E-state index contributed by atoms with van der Waals surface area (Å²) < 4.78 is 11.6. The number of pyridine rings is 1. The summed E-state index contributed by atoms with van der Waals surface area (Å²) in [5.41, 5.74) is 1.49. The molecule has 0 aliphatic carbocycles. The molecule has 0 bridgehead atoms. The molecule has 0 aliphatic heterocycles. The first-order valence-corrected chi connectivity index (χ1v) is 8.11. The molecule has 27 heavy (non-hydrogen) atoms. The molecule has 8 nitrogen and oxygen atoms in total. The molecule has 0 aliphatic rings. The van der Waals surface area contributed by atoms with Gasteiger partial charge in [0.15, 0.2) is 11.5 Å². The summed E-state index contributed by atoms with van der Waals surface area (Å²) in [6, 6.07) is 11.6. The molecule has 0 fully saturated rings. The van der Waals surface area contributed by atoms with E-state index in [1.807, 2.05) is 0 Å². The molecule has 0 saturated carbocycles. The second kappa shape index (κ2) is 8.13. The Balaban J connectivity index is 1.84. The number of carbonyl (C=O) groups excluding carboxylic acids is 1. The molecule has 8 heteroatoms. The van der Waals surface area contributed by atoms with Crippen LogP contribution in [-0.2, 0) is 11.3 Å². The lowest BCUT2D eigenvalue weighted by molar-refractivity contribution is -0.117. The van der Waals surface area contributed by atoms with Crippen molar-refractivity contribution in [2.45, 2.75) is 6.54 Å². The lowest BCUT2D eigenvalue weighted by Crippen LogP contribution is -2.29. The molecule has 1 N–H and O–H groups in total. The van der Waals surface area contributed by atoms with E-state index >= 15 is 0 Å². The van der Waals surface area contributed by atoms with Crippen LogP contribution >= 0.6 is 0 Å². The molecule has 0 radical (unpaired) electrons. The van der Waals surface area contributed by atoms with Gasteiger partial charge in [-0.3, -0.25) is 14.6 Å². The van der Waals surface area contributed by atoms with E-state index in [4.69, 9.17) is 9.47 Å². The lowest BCUT2D eigenvalue weighted by Gasteiger charge is -2.11. The second-order valence-corrected chi connectivity index (χ2v) is 5.57. The Bertz CT molecular complexity index is 1000. The Morgan fingerprint density at radius 1 is 1.04 bits per heavy atom. The van der Waals surface area contributed by atoms with Gasteiger partial charge >= 0.3 is 0 Å². The molecule has 0 atom stereocenters. The Kier molecular flexibility index (Phi) is 5.46. The minimum atomic E-state index is -0.371. The molecule has 0 spiro atoms. The first-order valence-electron chi connectivity index (χ1n) is 8.11. The summed E-state index contributed by atoms with van der Waals surface area (Å²) in [7, 11) is 3.09. The Hall–Kier alpha value is -3.68. The van der Waals surface area contributed by atoms with Gasteiger partial charge in [-0.05, 0) is 36.4 Å². The molecule has 138 valence electrons. The fraction of sp³-hybridized carbons (Fsp3) is 0.158. The van der Waals surface area contributed by atoms with E-state index in [-0.39, 0.29) is 18.0 Å². The van der Waals surface area contributed by atoms with Crippen LogP contribution in [0.15, 0.2) is 59.7 Å². The van der Waals surface area contributed by atoms with Gasteiger partial charge in [0.25, 0.3) is 5.56 Å². The van der Waals surface area contributed by atoms with Crippen LogP contribution in [0, 0.1) is 0 Å². The summed E-state index contributed by atoms with van der Waals surface area (Å²) in [6.45, 7) is -0.206. The predicted octanol–water partition coefficient (Wildman–Crippen LogP) is 1.96. The maximum atomic E-state index is 12.2. The molecular weight excluding hydrogens is 348 g/mol. The van der Waals surface area contributed by atoms with Crippen molar-refractivity contribution < 1.29 is 14.3 Å². The normalized spacial score (nSPS) is 10.3. The lowest BCUT2D eigenvalue weighted by atomic mass is 10.1. The fourth-order valence-electron chi connectivity index (χ4n) is 2.48. The third-order valence-electron chi connectivity index (χ3n) is 3.80. The Morgan fingerprint density at radius 3 is 2.48 bits per heavy atom. The van der Waals surface area contributed by atoms with Gasteiger partial charge in [0, 0.05) is 29.7 Å². The van der Waals surface area contributed by atoms with E-state index in [0.717, 1.165) is 10.2 Å². The zero-order valence-electron chi connectivity index (χ0n) is 14.9. The number of benzene rings is 1. The van der Waals surface area contributed by atoms with E-state index in [2.05, 4.69) is 15.4 Å². The number of ether oxygens (including phenoxy) is 2. The monoisotopic (exact) mass is 366 g/mol. The standard InChI is InChI=1S/C19H18N4O4/c1-26-16-5-3-13(11-17(16)27-2)15-4-6-19(25)23(22-15)12-18(24)21-14-7-9-20-10-8-14/h3-11H,12H2,1-2H3,(H,20,21,24). The maximum absolute atomic E-state index is 12.2. The highest BCUT2D eigenvalue weighted by Crippen LogP contribution is 2.31. The highest BCUT2D eigenvalue weighted by molar-refractivity contribution is 5.90. The van der Waals surface area contributed by atoms with Gasteiger partial charge in [-0.2, -0.15) is 5.10 Å². The van der Waals surface area contributed by atoms with Crippen molar-refractivity contribution in [3.05, 3.63) is 65.2 Å². The van der Waals surface area contributed by atoms with Crippen molar-refractivity contribution in [3.63, 3.8) is 0 Å². The number of hydrogen-bond acceptors (Lipinski definition) is 6. The van der Waals surface area contributed by atoms with Crippen molar-refractivity contribution in [3.8, 4) is 22.8 Å². The number of amides is 1. The van der Waals surface area contributed by atoms with Crippen LogP contribution in [0.1, 0.15) is 0 Å². The highest BCUT2D eigenvalue weighted by atomic mass is 16.5. The number of carbonyl (C=O) groups is 1. The van der Waals surface area contributed by atoms with Crippen molar-refractivity contribution in [1.82, 2.24) is 14.8 Å². The average Bonchev–Trinajstić information content (AvgIpc) is 2.69. The topological polar surface area (TPSA) is 95.3 Å². The van der Waals surface area contributed by atoms with Crippen molar-refractivity contribution >= 4 is 11.6 Å². The summed E-state index contributed by atoms with van der Waals surface area (Å²) in [4.78, 5) is 28.2. The molecule has 2 heterocycles. The number of rotatable bonds is 6. The Labute approximate surface area is 155 Å². The molecule has 1 amide bonds. The van der Waals surface area contributed by atoms with Crippen LogP contribution in [0.5, 0.6) is 11.5 Å². The largest absolute Gasteiger partial charge is 0.493 e. The van der Waals surface area contributed by atoms with Gasteiger partial charge in [-0.1, -0.05) is 0 Å². The van der Waals surface area contributed by atoms with Crippen LogP contribution in [0.25, 0.3) is 11.3 Å². The third-order valence-corrected chi connectivity index (χ3v) is 3.80. The van der Waals surface area contributed by atoms with Gasteiger partial charge in [-0.15, -0.1) is 0 Å². The highest BCUT2D eigenvalue weighted by Gasteiger charge is 2.11. The number of nitrogens with one attached hydrogen (secondary N) is 1. The smallest absolute Gasteiger partial charge is 0.267 e. The van der Waals surface area contributed by atoms with Crippen LogP contribution in [0.3, 0.4) is 0 Å². The first-order chi connectivity index (χ1) is 13.1. The third kappa shape index (κ3) is 4.30. The summed E-state index contributed by atoms with van der Waals surface area (Å²) in [5.74, 6) is 0.775. The maximum Gasteiger partial charge on any atom is 0.267 e. The van der Waals surface area contributed by atoms with Crippen molar-refractivity contribution in [2.24, 2.45) is 0 Å². The molecule has 3 aromatic rings. The quantitative estimate of drug-likeness (QED) is 0.717. The fourth-order valence-corrected chi connectivity index (χ4v) is 2.48. The molecule has 1 aromatic carbocycles. The number of methoxy groups -OCH3 is 2. The van der Waals surface area contributed by atoms with Gasteiger partial charge in [-0.25, -0.2) is 4.68 Å². The zero-order chi connectivity index (χ0) is 19.2. The minimum Gasteiger partial charge on any atom is -0.493 e. The molecule has 0 saturated heterocycles. The predicted molar refractivity (Wildman–Crippen MR) is 99.9 cm³/mol. The Morgan fingerprint density at radius 2 is 1.78 bits per heavy atom. The van der Waals surface area contributed by atoms with Crippen LogP contribution in [0.4, 0.5) is 5.69 Å². The number of hydrogen-bond donors (Lipinski definition) is 1. The van der Waals surface area contributed by atoms with Gasteiger partial charge in [0.2, 0.25) is 5.91 Å². The number of anilines is 1. The van der Waals surface area contributed by atoms with Crippen LogP contribution in [-0.4, -0.2) is 34.9 Å². The van der Waals surface area contributed by atoms with E-state index in [0.29, 0.717) is 22.9 Å². The average molecular weight is 366 g/mol. The van der Waals surface area contributed by atoms with E-state index in [1.165, 1.54) is 6.07 Å². The van der Waals surface area contributed by atoms with Gasteiger partial charge in [0.05, 0.1) is 19.9 Å².